The second-order valence-corrected chi connectivity index (χ2v) is 5.31. The van der Waals surface area contributed by atoms with Gasteiger partial charge in [-0.1, -0.05) is 30.3 Å². The zero-order valence-corrected chi connectivity index (χ0v) is 12.3. The quantitative estimate of drug-likeness (QED) is 0.764. The van der Waals surface area contributed by atoms with Crippen molar-refractivity contribution < 1.29 is 14.3 Å². The van der Waals surface area contributed by atoms with Crippen LogP contribution in [0.4, 0.5) is 4.79 Å². The smallest absolute Gasteiger partial charge is 0.408 e. The molecule has 1 aliphatic heterocycles. The minimum absolute atomic E-state index is 0.214. The molecule has 0 aliphatic carbocycles. The van der Waals surface area contributed by atoms with Gasteiger partial charge in [-0.2, -0.15) is 0 Å². The summed E-state index contributed by atoms with van der Waals surface area (Å²) >= 11 is 0. The summed E-state index contributed by atoms with van der Waals surface area (Å²) in [5, 5.41) is 5.41. The molecule has 1 aromatic carbocycles. The zero-order chi connectivity index (χ0) is 15.2. The van der Waals surface area contributed by atoms with E-state index in [4.69, 9.17) is 4.74 Å². The van der Waals surface area contributed by atoms with Gasteiger partial charge in [-0.05, 0) is 32.6 Å². The van der Waals surface area contributed by atoms with E-state index in [0.29, 0.717) is 6.54 Å². The Morgan fingerprint density at radius 1 is 1.33 bits per heavy atom. The number of hydrogen-bond donors (Lipinski definition) is 2. The Kier molecular flexibility index (Phi) is 5.16. The molecule has 1 saturated heterocycles. The van der Waals surface area contributed by atoms with Crippen molar-refractivity contribution in [1.82, 2.24) is 15.5 Å². The molecule has 6 nitrogen and oxygen atoms in total. The molecular formula is C15H21N3O3. The van der Waals surface area contributed by atoms with E-state index in [0.717, 1.165) is 18.5 Å². The molecule has 2 rings (SSSR count). The Morgan fingerprint density at radius 3 is 2.71 bits per heavy atom. The molecule has 0 radical (unpaired) electrons. The average molecular weight is 291 g/mol. The molecule has 114 valence electrons. The summed E-state index contributed by atoms with van der Waals surface area (Å²) < 4.78 is 5.21. The molecule has 2 N–H and O–H groups in total. The van der Waals surface area contributed by atoms with Crippen molar-refractivity contribution in [3.8, 4) is 0 Å². The van der Waals surface area contributed by atoms with Crippen molar-refractivity contribution in [2.24, 2.45) is 0 Å². The van der Waals surface area contributed by atoms with E-state index in [1.165, 1.54) is 0 Å². The number of cyclic esters (lactones) is 1. The largest absolute Gasteiger partial charge is 0.439 e. The molecule has 6 heteroatoms. The highest BCUT2D eigenvalue weighted by atomic mass is 16.6. The van der Waals surface area contributed by atoms with Gasteiger partial charge in [0.25, 0.3) is 0 Å². The van der Waals surface area contributed by atoms with Crippen LogP contribution in [0.25, 0.3) is 0 Å². The van der Waals surface area contributed by atoms with Gasteiger partial charge in [-0.15, -0.1) is 0 Å². The van der Waals surface area contributed by atoms with Gasteiger partial charge in [0.15, 0.2) is 12.1 Å². The number of amides is 2. The van der Waals surface area contributed by atoms with Crippen LogP contribution in [0.3, 0.4) is 0 Å². The number of carbonyl (C=O) groups excluding carboxylic acids is 2. The average Bonchev–Trinajstić information content (AvgIpc) is 2.86. The van der Waals surface area contributed by atoms with Crippen LogP contribution in [-0.2, 0) is 9.53 Å². The number of rotatable bonds is 6. The van der Waals surface area contributed by atoms with Crippen molar-refractivity contribution in [1.29, 1.82) is 0 Å². The predicted octanol–water partition coefficient (Wildman–Crippen LogP) is 0.904. The molecular weight excluding hydrogens is 270 g/mol. The van der Waals surface area contributed by atoms with Crippen LogP contribution in [0.15, 0.2) is 30.3 Å². The van der Waals surface area contributed by atoms with Crippen molar-refractivity contribution in [2.45, 2.75) is 18.6 Å². The number of carbonyl (C=O) groups is 2. The minimum Gasteiger partial charge on any atom is -0.439 e. The monoisotopic (exact) mass is 291 g/mol. The normalized spacial score (nSPS) is 21.0. The van der Waals surface area contributed by atoms with Gasteiger partial charge in [0.2, 0.25) is 5.91 Å². The molecule has 2 atom stereocenters. The summed E-state index contributed by atoms with van der Waals surface area (Å²) in [6.07, 6.45) is -0.277. The van der Waals surface area contributed by atoms with Crippen LogP contribution in [-0.4, -0.2) is 50.1 Å². The number of nitrogens with one attached hydrogen (secondary N) is 2. The number of benzene rings is 1. The summed E-state index contributed by atoms with van der Waals surface area (Å²) in [7, 11) is 3.97. The number of alkyl carbamates (subject to hydrolysis) is 1. The Labute approximate surface area is 124 Å². The highest BCUT2D eigenvalue weighted by Gasteiger charge is 2.39. The van der Waals surface area contributed by atoms with E-state index in [1.54, 1.807) is 0 Å². The molecule has 2 unspecified atom stereocenters. The summed E-state index contributed by atoms with van der Waals surface area (Å²) in [5.41, 5.74) is 0.810. The Hall–Kier alpha value is -2.08. The fraction of sp³-hybridized carbons (Fsp3) is 0.467. The Bertz CT molecular complexity index is 490. The van der Waals surface area contributed by atoms with Crippen LogP contribution in [0.1, 0.15) is 18.1 Å². The van der Waals surface area contributed by atoms with Gasteiger partial charge in [-0.25, -0.2) is 4.79 Å². The molecule has 1 fully saturated rings. The van der Waals surface area contributed by atoms with Gasteiger partial charge in [0, 0.05) is 6.54 Å². The van der Waals surface area contributed by atoms with Crippen molar-refractivity contribution in [2.75, 3.05) is 27.2 Å². The van der Waals surface area contributed by atoms with Gasteiger partial charge in [-0.3, -0.25) is 4.79 Å². The highest BCUT2D eigenvalue weighted by Crippen LogP contribution is 2.26. The molecule has 0 bridgehead atoms. The first-order valence-corrected chi connectivity index (χ1v) is 7.02. The van der Waals surface area contributed by atoms with Gasteiger partial charge in [0.1, 0.15) is 0 Å². The molecule has 1 aromatic rings. The number of hydrogen-bond acceptors (Lipinski definition) is 4. The van der Waals surface area contributed by atoms with Crippen LogP contribution in [0.2, 0.25) is 0 Å². The standard InChI is InChI=1S/C15H21N3O3/c1-18(2)10-6-9-16-14(19)12-13(21-15(20)17-12)11-7-4-3-5-8-11/h3-5,7-8,12-13H,6,9-10H2,1-2H3,(H,16,19)(H,17,20). The van der Waals surface area contributed by atoms with E-state index >= 15 is 0 Å². The fourth-order valence-corrected chi connectivity index (χ4v) is 2.24. The van der Waals surface area contributed by atoms with E-state index in [-0.39, 0.29) is 5.91 Å². The van der Waals surface area contributed by atoms with Crippen LogP contribution in [0, 0.1) is 0 Å². The van der Waals surface area contributed by atoms with E-state index in [9.17, 15) is 9.59 Å². The Morgan fingerprint density at radius 2 is 2.05 bits per heavy atom. The molecule has 0 spiro atoms. The van der Waals surface area contributed by atoms with E-state index in [2.05, 4.69) is 15.5 Å². The maximum Gasteiger partial charge on any atom is 0.408 e. The van der Waals surface area contributed by atoms with Crippen LogP contribution < -0.4 is 10.6 Å². The topological polar surface area (TPSA) is 70.7 Å². The third-order valence-electron chi connectivity index (χ3n) is 3.30. The first-order valence-electron chi connectivity index (χ1n) is 7.02. The first-order chi connectivity index (χ1) is 10.1. The second kappa shape index (κ2) is 7.08. The molecule has 21 heavy (non-hydrogen) atoms. The predicted molar refractivity (Wildman–Crippen MR) is 78.8 cm³/mol. The van der Waals surface area contributed by atoms with Crippen molar-refractivity contribution in [3.63, 3.8) is 0 Å². The lowest BCUT2D eigenvalue weighted by atomic mass is 10.0. The summed E-state index contributed by atoms with van der Waals surface area (Å²) in [4.78, 5) is 25.7. The lowest BCUT2D eigenvalue weighted by Gasteiger charge is -2.17. The molecule has 1 heterocycles. The van der Waals surface area contributed by atoms with E-state index in [1.807, 2.05) is 44.4 Å². The molecule has 0 saturated carbocycles. The van der Waals surface area contributed by atoms with Crippen LogP contribution in [0.5, 0.6) is 0 Å². The van der Waals surface area contributed by atoms with Crippen molar-refractivity contribution in [3.05, 3.63) is 35.9 Å². The van der Waals surface area contributed by atoms with Crippen molar-refractivity contribution >= 4 is 12.0 Å². The summed E-state index contributed by atoms with van der Waals surface area (Å²) in [5.74, 6) is -0.214. The minimum atomic E-state index is -0.681. The summed E-state index contributed by atoms with van der Waals surface area (Å²) in [6.45, 7) is 1.47. The van der Waals surface area contributed by atoms with Crippen LogP contribution >= 0.6 is 0 Å². The third-order valence-corrected chi connectivity index (χ3v) is 3.30. The zero-order valence-electron chi connectivity index (χ0n) is 12.3. The van der Waals surface area contributed by atoms with E-state index < -0.39 is 18.2 Å². The SMILES string of the molecule is CN(C)CCCNC(=O)C1NC(=O)OC1c1ccccc1. The maximum absolute atomic E-state index is 12.2. The third kappa shape index (κ3) is 4.19. The first kappa shape index (κ1) is 15.3. The molecule has 0 aromatic heterocycles. The van der Waals surface area contributed by atoms with Gasteiger partial charge in [0.05, 0.1) is 0 Å². The lowest BCUT2D eigenvalue weighted by Crippen LogP contribution is -2.44. The Balaban J connectivity index is 1.93. The van der Waals surface area contributed by atoms with Gasteiger partial charge < -0.3 is 20.3 Å². The lowest BCUT2D eigenvalue weighted by molar-refractivity contribution is -0.124. The molecule has 1 aliphatic rings. The molecule has 2 amide bonds. The summed E-state index contributed by atoms with van der Waals surface area (Å²) in [6, 6.07) is 8.60. The number of nitrogens with zero attached hydrogens (tertiary/aromatic N) is 1. The van der Waals surface area contributed by atoms with Gasteiger partial charge >= 0.3 is 6.09 Å². The number of ether oxygens (including phenoxy) is 1. The maximum atomic E-state index is 12.2. The fourth-order valence-electron chi connectivity index (χ4n) is 2.24. The second-order valence-electron chi connectivity index (χ2n) is 5.31. The highest BCUT2D eigenvalue weighted by molar-refractivity contribution is 5.88.